The first-order chi connectivity index (χ1) is 19.6. The second-order valence-corrected chi connectivity index (χ2v) is 12.8. The average Bonchev–Trinajstić information content (AvgIpc) is 2.89. The summed E-state index contributed by atoms with van der Waals surface area (Å²) in [5.74, 6) is 0.0941. The second-order valence-electron chi connectivity index (χ2n) is 12.8. The van der Waals surface area contributed by atoms with Crippen LogP contribution in [0.1, 0.15) is 86.0 Å². The molecule has 0 radical (unpaired) electrons. The van der Waals surface area contributed by atoms with Crippen LogP contribution in [0.25, 0.3) is 0 Å². The normalized spacial score (nSPS) is 25.8. The first-order valence-electron chi connectivity index (χ1n) is 15.3. The van der Waals surface area contributed by atoms with Crippen LogP contribution in [0.2, 0.25) is 0 Å². The number of carboxylic acid groups (broad SMARTS) is 1. The van der Waals surface area contributed by atoms with E-state index in [2.05, 4.69) is 69.7 Å². The molecule has 0 bridgehead atoms. The van der Waals surface area contributed by atoms with Crippen molar-refractivity contribution in [2.75, 3.05) is 6.54 Å². The number of carbonyl (C=O) groups is 2. The molecule has 0 aromatic heterocycles. The molecule has 0 saturated carbocycles. The van der Waals surface area contributed by atoms with Crippen LogP contribution < -0.4 is 16.8 Å². The number of aliphatic imine (C=N–C) groups is 1. The van der Waals surface area contributed by atoms with Gasteiger partial charge < -0.3 is 36.8 Å². The molecule has 42 heavy (non-hydrogen) atoms. The number of fused-ring (bicyclic) bond motifs is 1. The second kappa shape index (κ2) is 16.1. The molecule has 2 aliphatic rings. The van der Waals surface area contributed by atoms with Gasteiger partial charge in [-0.05, 0) is 68.3 Å². The predicted octanol–water partition coefficient (Wildman–Crippen LogP) is 3.63. The highest BCUT2D eigenvalue weighted by Crippen LogP contribution is 2.46. The van der Waals surface area contributed by atoms with E-state index in [1.165, 1.54) is 5.57 Å². The van der Waals surface area contributed by atoms with E-state index in [9.17, 15) is 24.9 Å². The summed E-state index contributed by atoms with van der Waals surface area (Å²) in [7, 11) is 0. The molecule has 238 valence electrons. The monoisotopic (exact) mass is 590 g/mol. The molecule has 2 rings (SSSR count). The van der Waals surface area contributed by atoms with E-state index in [-0.39, 0.29) is 55.1 Å². The molecule has 0 aliphatic heterocycles. The lowest BCUT2D eigenvalue weighted by Crippen LogP contribution is -2.42. The van der Waals surface area contributed by atoms with E-state index in [0.29, 0.717) is 24.7 Å². The fourth-order valence-electron chi connectivity index (χ4n) is 5.89. The van der Waals surface area contributed by atoms with Gasteiger partial charge in [0.05, 0.1) is 24.4 Å². The van der Waals surface area contributed by atoms with Crippen molar-refractivity contribution in [1.29, 1.82) is 0 Å². The highest BCUT2D eigenvalue weighted by molar-refractivity contribution is 5.83. The van der Waals surface area contributed by atoms with E-state index in [1.54, 1.807) is 0 Å². The summed E-state index contributed by atoms with van der Waals surface area (Å²) >= 11 is 0. The number of hydrogen-bond donors (Lipinski definition) is 6. The number of nitrogens with two attached hydrogens (primary N) is 2. The Labute approximate surface area is 251 Å². The highest BCUT2D eigenvalue weighted by Gasteiger charge is 2.41. The van der Waals surface area contributed by atoms with Gasteiger partial charge >= 0.3 is 5.97 Å². The van der Waals surface area contributed by atoms with Crippen LogP contribution in [0.5, 0.6) is 0 Å². The van der Waals surface area contributed by atoms with E-state index in [0.717, 1.165) is 25.0 Å². The zero-order chi connectivity index (χ0) is 31.6. The van der Waals surface area contributed by atoms with Crippen molar-refractivity contribution in [2.45, 2.75) is 110 Å². The van der Waals surface area contributed by atoms with Crippen LogP contribution >= 0.6 is 0 Å². The minimum atomic E-state index is -1.17. The number of aliphatic hydroxyl groups is 2. The van der Waals surface area contributed by atoms with E-state index >= 15 is 0 Å². The van der Waals surface area contributed by atoms with Crippen LogP contribution in [0.15, 0.2) is 41.1 Å². The molecule has 10 heteroatoms. The van der Waals surface area contributed by atoms with Crippen LogP contribution in [0.4, 0.5) is 0 Å². The maximum absolute atomic E-state index is 12.4. The standard InChI is InChI=1S/C32H54N4O6/c1-7-32(5,6)21(4)42-27-16-19(2)15-22-11-10-20(3)25(29(22)27)13-12-23(37)17-24(38)18-28(39)36-26(30(40)41)9-8-14-35-31(33)34/h10-11,15,19-20,23-27,29,37-38H,4,7-9,12-14,16-18H2,1-3,5-6H3,(H,36,39)(H,40,41)(H4,33,34,35)/t19-,20-,23+,24+,25-,26-,27-,29?/m0/s1. The van der Waals surface area contributed by atoms with Crippen LogP contribution in [0, 0.1) is 29.1 Å². The fraction of sp³-hybridized carbons (Fsp3) is 0.719. The Bertz CT molecular complexity index is 1020. The van der Waals surface area contributed by atoms with Crippen molar-refractivity contribution < 1.29 is 29.6 Å². The largest absolute Gasteiger partial charge is 0.494 e. The first-order valence-corrected chi connectivity index (χ1v) is 15.3. The van der Waals surface area contributed by atoms with Gasteiger partial charge in [-0.1, -0.05) is 59.4 Å². The molecule has 1 amide bonds. The first kappa shape index (κ1) is 35.3. The SMILES string of the molecule is C=C(O[C@H]1C[C@@H](C)C=C2C=C[C@H](C)[C@H](CC[C@@H](O)C[C@@H](O)CC(=O)N[C@@H](CCCN=C(N)N)C(=O)O)C21)C(C)(C)CC. The Hall–Kier alpha value is -2.85. The van der Waals surface area contributed by atoms with E-state index < -0.39 is 30.1 Å². The summed E-state index contributed by atoms with van der Waals surface area (Å²) in [5.41, 5.74) is 11.7. The summed E-state index contributed by atoms with van der Waals surface area (Å²) in [6.07, 6.45) is 8.19. The summed E-state index contributed by atoms with van der Waals surface area (Å²) in [6.45, 7) is 15.4. The lowest BCUT2D eigenvalue weighted by Gasteiger charge is -2.45. The number of rotatable bonds is 17. The lowest BCUT2D eigenvalue weighted by molar-refractivity contribution is -0.142. The molecule has 0 aromatic carbocycles. The number of nitrogens with one attached hydrogen (secondary N) is 1. The molecule has 10 nitrogen and oxygen atoms in total. The number of guanidine groups is 1. The molecule has 0 saturated heterocycles. The number of aliphatic carboxylic acids is 1. The Balaban J connectivity index is 1.95. The van der Waals surface area contributed by atoms with Gasteiger partial charge in [-0.3, -0.25) is 9.79 Å². The fourth-order valence-corrected chi connectivity index (χ4v) is 5.89. The third-order valence-corrected chi connectivity index (χ3v) is 8.90. The summed E-state index contributed by atoms with van der Waals surface area (Å²) in [6, 6.07) is -1.11. The summed E-state index contributed by atoms with van der Waals surface area (Å²) in [5, 5.41) is 33.2. The van der Waals surface area contributed by atoms with Gasteiger partial charge in [0.25, 0.3) is 0 Å². The molecule has 1 unspecified atom stereocenters. The number of ether oxygens (including phenoxy) is 1. The molecule has 0 heterocycles. The van der Waals surface area contributed by atoms with Gasteiger partial charge in [0.1, 0.15) is 12.1 Å². The number of aliphatic hydroxyl groups excluding tert-OH is 2. The third kappa shape index (κ3) is 10.8. The Kier molecular flexibility index (Phi) is 13.6. The molecular weight excluding hydrogens is 536 g/mol. The van der Waals surface area contributed by atoms with Crippen molar-refractivity contribution in [3.8, 4) is 0 Å². The Morgan fingerprint density at radius 3 is 2.52 bits per heavy atom. The Morgan fingerprint density at radius 2 is 1.90 bits per heavy atom. The zero-order valence-corrected chi connectivity index (χ0v) is 26.1. The molecule has 8 atom stereocenters. The quantitative estimate of drug-likeness (QED) is 0.0643. The Morgan fingerprint density at radius 1 is 1.21 bits per heavy atom. The number of carboxylic acids is 1. The van der Waals surface area contributed by atoms with Crippen molar-refractivity contribution >= 4 is 17.8 Å². The molecular formula is C32H54N4O6. The minimum absolute atomic E-state index is 0.00352. The van der Waals surface area contributed by atoms with Crippen LogP contribution in [-0.2, 0) is 14.3 Å². The maximum Gasteiger partial charge on any atom is 0.326 e. The third-order valence-electron chi connectivity index (χ3n) is 8.90. The summed E-state index contributed by atoms with van der Waals surface area (Å²) < 4.78 is 6.59. The number of allylic oxidation sites excluding steroid dienone is 4. The van der Waals surface area contributed by atoms with Gasteiger partial charge in [-0.25, -0.2) is 4.79 Å². The number of nitrogens with zero attached hydrogens (tertiary/aromatic N) is 1. The molecule has 0 spiro atoms. The average molecular weight is 591 g/mol. The van der Waals surface area contributed by atoms with E-state index in [1.807, 2.05) is 0 Å². The summed E-state index contributed by atoms with van der Waals surface area (Å²) in [4.78, 5) is 27.8. The van der Waals surface area contributed by atoms with Crippen LogP contribution in [-0.4, -0.2) is 64.1 Å². The lowest BCUT2D eigenvalue weighted by atomic mass is 9.65. The van der Waals surface area contributed by atoms with Gasteiger partial charge in [0, 0.05) is 17.9 Å². The smallest absolute Gasteiger partial charge is 0.326 e. The van der Waals surface area contributed by atoms with Gasteiger partial charge in [-0.2, -0.15) is 0 Å². The van der Waals surface area contributed by atoms with Crippen molar-refractivity contribution in [1.82, 2.24) is 5.32 Å². The van der Waals surface area contributed by atoms with Crippen molar-refractivity contribution in [2.24, 2.45) is 45.5 Å². The maximum atomic E-state index is 12.4. The topological polar surface area (TPSA) is 180 Å². The van der Waals surface area contributed by atoms with Gasteiger partial charge in [0.2, 0.25) is 5.91 Å². The molecule has 8 N–H and O–H groups in total. The van der Waals surface area contributed by atoms with Gasteiger partial charge in [0.15, 0.2) is 5.96 Å². The van der Waals surface area contributed by atoms with Crippen molar-refractivity contribution in [3.63, 3.8) is 0 Å². The molecule has 0 aromatic rings. The van der Waals surface area contributed by atoms with Gasteiger partial charge in [-0.15, -0.1) is 0 Å². The van der Waals surface area contributed by atoms with Crippen molar-refractivity contribution in [3.05, 3.63) is 36.1 Å². The number of hydrogen-bond acceptors (Lipinski definition) is 6. The number of carbonyl (C=O) groups excluding carboxylic acids is 1. The van der Waals surface area contributed by atoms with E-state index in [4.69, 9.17) is 16.2 Å². The predicted molar refractivity (Wildman–Crippen MR) is 165 cm³/mol. The van der Waals surface area contributed by atoms with Crippen LogP contribution in [0.3, 0.4) is 0 Å². The number of amides is 1. The zero-order valence-electron chi connectivity index (χ0n) is 26.1. The highest BCUT2D eigenvalue weighted by atomic mass is 16.5. The minimum Gasteiger partial charge on any atom is -0.494 e. The molecule has 0 fully saturated rings. The molecule has 2 aliphatic carbocycles.